The van der Waals surface area contributed by atoms with Gasteiger partial charge in [-0.25, -0.2) is 0 Å². The molecule has 1 amide bonds. The van der Waals surface area contributed by atoms with Gasteiger partial charge in [0.05, 0.1) is 0 Å². The molecule has 0 heterocycles. The Labute approximate surface area is 116 Å². The number of carbonyl (C=O) groups is 1. The lowest BCUT2D eigenvalue weighted by atomic mass is 10.1. The molecule has 0 bridgehead atoms. The van der Waals surface area contributed by atoms with Crippen molar-refractivity contribution in [1.29, 1.82) is 0 Å². The summed E-state index contributed by atoms with van der Waals surface area (Å²) in [4.78, 5) is 12.1. The predicted molar refractivity (Wildman–Crippen MR) is 76.9 cm³/mol. The molecule has 20 heavy (non-hydrogen) atoms. The van der Waals surface area contributed by atoms with Gasteiger partial charge < -0.3 is 20.8 Å². The first-order valence-corrected chi connectivity index (χ1v) is 6.17. The largest absolute Gasteiger partial charge is 0.507 e. The summed E-state index contributed by atoms with van der Waals surface area (Å²) in [7, 11) is 1.84. The maximum atomic E-state index is 12.1. The van der Waals surface area contributed by atoms with Crippen LogP contribution in [0.15, 0.2) is 42.5 Å². The van der Waals surface area contributed by atoms with Gasteiger partial charge in [-0.05, 0) is 36.9 Å². The smallest absolute Gasteiger partial charge is 0.263 e. The number of hydrogen-bond acceptors (Lipinski definition) is 4. The van der Waals surface area contributed by atoms with Crippen LogP contribution in [0, 0.1) is 0 Å². The highest BCUT2D eigenvalue weighted by atomic mass is 16.3. The van der Waals surface area contributed by atoms with Gasteiger partial charge in [0, 0.05) is 12.2 Å². The van der Waals surface area contributed by atoms with Gasteiger partial charge in [0.25, 0.3) is 5.91 Å². The molecule has 2 aromatic carbocycles. The van der Waals surface area contributed by atoms with Crippen molar-refractivity contribution in [3.63, 3.8) is 0 Å². The predicted octanol–water partition coefficient (Wildman–Crippen LogP) is 2.07. The Morgan fingerprint density at radius 3 is 2.40 bits per heavy atom. The second kappa shape index (κ2) is 6.08. The molecule has 2 aromatic rings. The lowest BCUT2D eigenvalue weighted by Gasteiger charge is -2.09. The van der Waals surface area contributed by atoms with Crippen molar-refractivity contribution in [2.24, 2.45) is 0 Å². The zero-order valence-corrected chi connectivity index (χ0v) is 11.1. The number of hydrogen-bond donors (Lipinski definition) is 4. The van der Waals surface area contributed by atoms with Crippen LogP contribution in [-0.4, -0.2) is 23.2 Å². The zero-order valence-electron chi connectivity index (χ0n) is 11.1. The van der Waals surface area contributed by atoms with E-state index in [1.807, 2.05) is 25.2 Å². The molecular formula is C15H16N2O3. The summed E-state index contributed by atoms with van der Waals surface area (Å²) < 4.78 is 0. The number of amides is 1. The quantitative estimate of drug-likeness (QED) is 0.687. The number of phenolic OH excluding ortho intramolecular Hbond substituents is 2. The molecule has 0 saturated carbocycles. The third kappa shape index (κ3) is 3.07. The Kier molecular flexibility index (Phi) is 4.22. The van der Waals surface area contributed by atoms with Crippen molar-refractivity contribution >= 4 is 11.6 Å². The van der Waals surface area contributed by atoms with Gasteiger partial charge in [0.15, 0.2) is 0 Å². The fourth-order valence-corrected chi connectivity index (χ4v) is 1.92. The number of carbonyl (C=O) groups excluding carboxylic acids is 1. The molecule has 2 rings (SSSR count). The molecule has 0 atom stereocenters. The van der Waals surface area contributed by atoms with Crippen molar-refractivity contribution in [3.05, 3.63) is 53.6 Å². The van der Waals surface area contributed by atoms with E-state index in [0.717, 1.165) is 5.56 Å². The standard InChI is InChI=1S/C15H16N2O3/c1-16-9-10-4-2-5-11(8-10)17-15(20)14-12(18)6-3-7-13(14)19/h2-8,16,18-19H,9H2,1H3,(H,17,20). The molecule has 0 radical (unpaired) electrons. The van der Waals surface area contributed by atoms with Gasteiger partial charge in [-0.1, -0.05) is 18.2 Å². The normalized spacial score (nSPS) is 10.2. The first kappa shape index (κ1) is 13.9. The Morgan fingerprint density at radius 2 is 1.75 bits per heavy atom. The van der Waals surface area contributed by atoms with Crippen molar-refractivity contribution < 1.29 is 15.0 Å². The summed E-state index contributed by atoms with van der Waals surface area (Å²) in [6, 6.07) is 11.5. The SMILES string of the molecule is CNCc1cccc(NC(=O)c2c(O)cccc2O)c1. The molecule has 5 heteroatoms. The van der Waals surface area contributed by atoms with Gasteiger partial charge in [-0.2, -0.15) is 0 Å². The highest BCUT2D eigenvalue weighted by molar-refractivity contribution is 6.08. The van der Waals surface area contributed by atoms with E-state index in [4.69, 9.17) is 0 Å². The first-order valence-electron chi connectivity index (χ1n) is 6.17. The van der Waals surface area contributed by atoms with Gasteiger partial charge in [0.1, 0.15) is 17.1 Å². The molecule has 0 fully saturated rings. The lowest BCUT2D eigenvalue weighted by molar-refractivity contribution is 0.102. The summed E-state index contributed by atoms with van der Waals surface area (Å²) in [5, 5.41) is 25.0. The monoisotopic (exact) mass is 272 g/mol. The van der Waals surface area contributed by atoms with E-state index in [-0.39, 0.29) is 17.1 Å². The van der Waals surface area contributed by atoms with Crippen LogP contribution in [0.5, 0.6) is 11.5 Å². The molecular weight excluding hydrogens is 256 g/mol. The third-order valence-corrected chi connectivity index (χ3v) is 2.81. The lowest BCUT2D eigenvalue weighted by Crippen LogP contribution is -2.13. The average molecular weight is 272 g/mol. The number of phenols is 2. The number of anilines is 1. The molecule has 0 aliphatic heterocycles. The summed E-state index contributed by atoms with van der Waals surface area (Å²) in [5.41, 5.74) is 1.49. The van der Waals surface area contributed by atoms with Gasteiger partial charge in [0.2, 0.25) is 0 Å². The minimum absolute atomic E-state index is 0.133. The molecule has 0 saturated heterocycles. The Balaban J connectivity index is 2.21. The Hall–Kier alpha value is -2.53. The molecule has 0 unspecified atom stereocenters. The van der Waals surface area contributed by atoms with E-state index in [1.165, 1.54) is 18.2 Å². The van der Waals surface area contributed by atoms with Crippen LogP contribution in [0.25, 0.3) is 0 Å². The van der Waals surface area contributed by atoms with Crippen LogP contribution >= 0.6 is 0 Å². The van der Waals surface area contributed by atoms with Crippen LogP contribution in [0.3, 0.4) is 0 Å². The highest BCUT2D eigenvalue weighted by Crippen LogP contribution is 2.27. The Bertz CT molecular complexity index is 606. The number of aromatic hydroxyl groups is 2. The maximum Gasteiger partial charge on any atom is 0.263 e. The molecule has 0 aliphatic carbocycles. The summed E-state index contributed by atoms with van der Waals surface area (Å²) >= 11 is 0. The summed E-state index contributed by atoms with van der Waals surface area (Å²) in [6.07, 6.45) is 0. The van der Waals surface area contributed by atoms with Crippen LogP contribution in [0.4, 0.5) is 5.69 Å². The van der Waals surface area contributed by atoms with Crippen LogP contribution in [-0.2, 0) is 6.54 Å². The van der Waals surface area contributed by atoms with Gasteiger partial charge >= 0.3 is 0 Å². The summed E-state index contributed by atoms with van der Waals surface area (Å²) in [6.45, 7) is 0.686. The van der Waals surface area contributed by atoms with Gasteiger partial charge in [-0.3, -0.25) is 4.79 Å². The molecule has 4 N–H and O–H groups in total. The second-order valence-electron chi connectivity index (χ2n) is 4.36. The van der Waals surface area contributed by atoms with Crippen LogP contribution in [0.1, 0.15) is 15.9 Å². The maximum absolute atomic E-state index is 12.1. The minimum atomic E-state index is -0.554. The van der Waals surface area contributed by atoms with E-state index in [0.29, 0.717) is 12.2 Å². The van der Waals surface area contributed by atoms with Crippen molar-refractivity contribution in [2.45, 2.75) is 6.54 Å². The number of rotatable bonds is 4. The van der Waals surface area contributed by atoms with E-state index in [9.17, 15) is 15.0 Å². The summed E-state index contributed by atoms with van der Waals surface area (Å²) in [5.74, 6) is -1.06. The van der Waals surface area contributed by atoms with E-state index >= 15 is 0 Å². The number of benzene rings is 2. The molecule has 5 nitrogen and oxygen atoms in total. The topological polar surface area (TPSA) is 81.6 Å². The van der Waals surface area contributed by atoms with Crippen molar-refractivity contribution in [2.75, 3.05) is 12.4 Å². The fraction of sp³-hybridized carbons (Fsp3) is 0.133. The molecule has 0 aromatic heterocycles. The van der Waals surface area contributed by atoms with Crippen molar-refractivity contribution in [3.8, 4) is 11.5 Å². The van der Waals surface area contributed by atoms with E-state index < -0.39 is 5.91 Å². The van der Waals surface area contributed by atoms with Crippen LogP contribution < -0.4 is 10.6 Å². The van der Waals surface area contributed by atoms with E-state index in [1.54, 1.807) is 6.07 Å². The molecule has 0 aliphatic rings. The number of nitrogens with one attached hydrogen (secondary N) is 2. The fourth-order valence-electron chi connectivity index (χ4n) is 1.92. The first-order chi connectivity index (χ1) is 9.61. The molecule has 0 spiro atoms. The van der Waals surface area contributed by atoms with E-state index in [2.05, 4.69) is 10.6 Å². The molecule has 104 valence electrons. The van der Waals surface area contributed by atoms with Crippen LogP contribution in [0.2, 0.25) is 0 Å². The zero-order chi connectivity index (χ0) is 14.5. The highest BCUT2D eigenvalue weighted by Gasteiger charge is 2.16. The van der Waals surface area contributed by atoms with Gasteiger partial charge in [-0.15, -0.1) is 0 Å². The van der Waals surface area contributed by atoms with Crippen molar-refractivity contribution in [1.82, 2.24) is 5.32 Å². The Morgan fingerprint density at radius 1 is 1.10 bits per heavy atom. The third-order valence-electron chi connectivity index (χ3n) is 2.81. The minimum Gasteiger partial charge on any atom is -0.507 e. The second-order valence-corrected chi connectivity index (χ2v) is 4.36. The average Bonchev–Trinajstić information content (AvgIpc) is 2.39.